The zero-order valence-electron chi connectivity index (χ0n) is 28.6. The number of ether oxygens (including phenoxy) is 1. The third-order valence-electron chi connectivity index (χ3n) is 9.81. The van der Waals surface area contributed by atoms with Crippen LogP contribution in [0.15, 0.2) is 85.2 Å². The molecule has 0 aliphatic carbocycles. The number of alkyl carbamates (subject to hydrolysis) is 1. The molecule has 2 aliphatic rings. The van der Waals surface area contributed by atoms with Crippen molar-refractivity contribution in [1.82, 2.24) is 35.1 Å². The first-order valence-corrected chi connectivity index (χ1v) is 17.3. The Kier molecular flexibility index (Phi) is 9.65. The third-order valence-corrected chi connectivity index (χ3v) is 9.81. The highest BCUT2D eigenvalue weighted by molar-refractivity contribution is 5.86. The normalized spacial score (nSPS) is 17.8. The van der Waals surface area contributed by atoms with Crippen molar-refractivity contribution in [2.45, 2.75) is 57.2 Å². The van der Waals surface area contributed by atoms with Crippen LogP contribution in [0.3, 0.4) is 0 Å². The molecule has 5 aromatic rings. The van der Waals surface area contributed by atoms with Gasteiger partial charge in [0.25, 0.3) is 0 Å². The molecule has 0 radical (unpaired) electrons. The Bertz CT molecular complexity index is 2030. The molecular weight excluding hydrogens is 649 g/mol. The summed E-state index contributed by atoms with van der Waals surface area (Å²) in [4.78, 5) is 57.3. The summed E-state index contributed by atoms with van der Waals surface area (Å²) in [5, 5.41) is 2.52. The summed E-state index contributed by atoms with van der Waals surface area (Å²) in [5.41, 5.74) is 5.27. The second kappa shape index (κ2) is 14.6. The first kappa shape index (κ1) is 33.7. The number of aromatic amines is 2. The van der Waals surface area contributed by atoms with Gasteiger partial charge in [0, 0.05) is 18.7 Å². The summed E-state index contributed by atoms with van der Waals surface area (Å²) in [6.45, 7) is 2.86. The molecule has 0 spiro atoms. The number of rotatable bonds is 9. The van der Waals surface area contributed by atoms with Gasteiger partial charge in [0.05, 0.1) is 49.4 Å². The van der Waals surface area contributed by atoms with E-state index in [1.54, 1.807) is 30.3 Å². The molecule has 3 atom stereocenters. The molecule has 3 amide bonds. The summed E-state index contributed by atoms with van der Waals surface area (Å²) in [7, 11) is 1.25. The van der Waals surface area contributed by atoms with Crippen molar-refractivity contribution in [1.29, 1.82) is 0 Å². The number of likely N-dealkylation sites (tertiary alicyclic amines) is 2. The van der Waals surface area contributed by atoms with Crippen LogP contribution in [0.1, 0.15) is 61.9 Å². The van der Waals surface area contributed by atoms with E-state index in [-0.39, 0.29) is 23.9 Å². The predicted octanol–water partition coefficient (Wildman–Crippen LogP) is 6.59. The average molecular weight is 690 g/mol. The Hall–Kier alpha value is -5.78. The van der Waals surface area contributed by atoms with Gasteiger partial charge >= 0.3 is 6.09 Å². The van der Waals surface area contributed by atoms with Gasteiger partial charge in [0.15, 0.2) is 0 Å². The number of amides is 3. The first-order chi connectivity index (χ1) is 24.8. The Balaban J connectivity index is 1.01. The number of H-pyrrole nitrogens is 2. The van der Waals surface area contributed by atoms with E-state index in [1.165, 1.54) is 13.2 Å². The van der Waals surface area contributed by atoms with Crippen molar-refractivity contribution in [2.24, 2.45) is 0 Å². The lowest BCUT2D eigenvalue weighted by atomic mass is 10.0. The summed E-state index contributed by atoms with van der Waals surface area (Å²) in [6.07, 6.45) is 6.37. The SMILES string of the molecule is COC(=O)N[C@@H](C)C(=O)N1CCC[C@H]1c1ncc(-c2ccc(-c3ccc(-c4cnc([C@@H]5CCCN5C(=O)Cc5ccccc5)[nH]4)cc3)cc2F)[nH]1. The summed E-state index contributed by atoms with van der Waals surface area (Å²) in [6, 6.07) is 21.6. The van der Waals surface area contributed by atoms with Gasteiger partial charge in [-0.3, -0.25) is 9.59 Å². The summed E-state index contributed by atoms with van der Waals surface area (Å²) in [5.74, 6) is 0.822. The summed E-state index contributed by atoms with van der Waals surface area (Å²) < 4.78 is 20.2. The smallest absolute Gasteiger partial charge is 0.407 e. The molecule has 2 saturated heterocycles. The maximum atomic E-state index is 15.6. The minimum Gasteiger partial charge on any atom is -0.453 e. The van der Waals surface area contributed by atoms with Crippen LogP contribution in [0, 0.1) is 5.82 Å². The Labute approximate surface area is 295 Å². The number of carbonyl (C=O) groups excluding carboxylic acids is 3. The van der Waals surface area contributed by atoms with Crippen LogP contribution < -0.4 is 5.32 Å². The molecule has 3 aromatic carbocycles. The lowest BCUT2D eigenvalue weighted by Crippen LogP contribution is -2.46. The van der Waals surface area contributed by atoms with Gasteiger partial charge in [-0.05, 0) is 67.0 Å². The van der Waals surface area contributed by atoms with Gasteiger partial charge < -0.3 is 29.8 Å². The second-order valence-electron chi connectivity index (χ2n) is 13.1. The molecule has 12 heteroatoms. The molecule has 4 heterocycles. The van der Waals surface area contributed by atoms with Crippen molar-refractivity contribution < 1.29 is 23.5 Å². The van der Waals surface area contributed by atoms with Crippen LogP contribution in [-0.2, 0) is 20.7 Å². The highest BCUT2D eigenvalue weighted by atomic mass is 19.1. The van der Waals surface area contributed by atoms with Gasteiger partial charge in [-0.2, -0.15) is 0 Å². The molecule has 2 fully saturated rings. The second-order valence-corrected chi connectivity index (χ2v) is 13.1. The quantitative estimate of drug-likeness (QED) is 0.160. The maximum Gasteiger partial charge on any atom is 0.407 e. The van der Waals surface area contributed by atoms with Crippen LogP contribution in [0.5, 0.6) is 0 Å². The van der Waals surface area contributed by atoms with E-state index < -0.39 is 18.0 Å². The highest BCUT2D eigenvalue weighted by Crippen LogP contribution is 2.35. The van der Waals surface area contributed by atoms with E-state index in [1.807, 2.05) is 65.6 Å². The topological polar surface area (TPSA) is 136 Å². The molecule has 2 aliphatic heterocycles. The predicted molar refractivity (Wildman–Crippen MR) is 190 cm³/mol. The van der Waals surface area contributed by atoms with Gasteiger partial charge in [-0.25, -0.2) is 19.2 Å². The minimum atomic E-state index is -0.756. The van der Waals surface area contributed by atoms with Crippen LogP contribution >= 0.6 is 0 Å². The van der Waals surface area contributed by atoms with Crippen LogP contribution in [-0.4, -0.2) is 73.9 Å². The molecule has 11 nitrogen and oxygen atoms in total. The van der Waals surface area contributed by atoms with E-state index in [4.69, 9.17) is 0 Å². The largest absolute Gasteiger partial charge is 0.453 e. The van der Waals surface area contributed by atoms with Crippen molar-refractivity contribution in [3.8, 4) is 33.6 Å². The molecule has 2 aromatic heterocycles. The fourth-order valence-corrected chi connectivity index (χ4v) is 7.13. The molecule has 51 heavy (non-hydrogen) atoms. The fraction of sp³-hybridized carbons (Fsp3) is 0.308. The monoisotopic (exact) mass is 689 g/mol. The molecule has 3 N–H and O–H groups in total. The number of carbonyl (C=O) groups is 3. The number of halogens is 1. The van der Waals surface area contributed by atoms with Gasteiger partial charge in [0.1, 0.15) is 23.5 Å². The first-order valence-electron chi connectivity index (χ1n) is 17.3. The molecule has 0 bridgehead atoms. The Morgan fingerprint density at radius 2 is 1.45 bits per heavy atom. The number of hydrogen-bond acceptors (Lipinski definition) is 6. The molecule has 0 saturated carbocycles. The van der Waals surface area contributed by atoms with Gasteiger partial charge in [-0.15, -0.1) is 0 Å². The molecule has 7 rings (SSSR count). The number of benzene rings is 3. The van der Waals surface area contributed by atoms with Crippen molar-refractivity contribution in [3.05, 3.63) is 108 Å². The van der Waals surface area contributed by atoms with E-state index >= 15 is 4.39 Å². The fourth-order valence-electron chi connectivity index (χ4n) is 7.13. The van der Waals surface area contributed by atoms with E-state index in [9.17, 15) is 14.4 Å². The Morgan fingerprint density at radius 1 is 0.843 bits per heavy atom. The number of hydrogen-bond donors (Lipinski definition) is 3. The van der Waals surface area contributed by atoms with E-state index in [2.05, 4.69) is 30.0 Å². The van der Waals surface area contributed by atoms with Gasteiger partial charge in [-0.1, -0.05) is 60.7 Å². The van der Waals surface area contributed by atoms with Crippen LogP contribution in [0.25, 0.3) is 33.6 Å². The third kappa shape index (κ3) is 7.12. The van der Waals surface area contributed by atoms with Crippen molar-refractivity contribution >= 4 is 17.9 Å². The lowest BCUT2D eigenvalue weighted by Gasteiger charge is -2.26. The molecule has 0 unspecified atom stereocenters. The van der Waals surface area contributed by atoms with Gasteiger partial charge in [0.2, 0.25) is 11.8 Å². The molecule has 262 valence electrons. The number of aromatic nitrogens is 4. The zero-order chi connectivity index (χ0) is 35.5. The molecular formula is C39H40FN7O4. The van der Waals surface area contributed by atoms with Crippen LogP contribution in [0.2, 0.25) is 0 Å². The lowest BCUT2D eigenvalue weighted by molar-refractivity contribution is -0.134. The van der Waals surface area contributed by atoms with Crippen molar-refractivity contribution in [3.63, 3.8) is 0 Å². The zero-order valence-corrected chi connectivity index (χ0v) is 28.6. The minimum absolute atomic E-state index is 0.0831. The van der Waals surface area contributed by atoms with Crippen molar-refractivity contribution in [2.75, 3.05) is 20.2 Å². The maximum absolute atomic E-state index is 15.6. The number of methoxy groups -OCH3 is 1. The Morgan fingerprint density at radius 3 is 2.14 bits per heavy atom. The average Bonchev–Trinajstić information content (AvgIpc) is 3.98. The van der Waals surface area contributed by atoms with Crippen LogP contribution in [0.4, 0.5) is 9.18 Å². The van der Waals surface area contributed by atoms with E-state index in [0.29, 0.717) is 36.5 Å². The number of imidazole rings is 2. The van der Waals surface area contributed by atoms with E-state index in [0.717, 1.165) is 59.6 Å². The summed E-state index contributed by atoms with van der Waals surface area (Å²) >= 11 is 0. The number of nitrogens with one attached hydrogen (secondary N) is 3. The number of nitrogens with zero attached hydrogens (tertiary/aromatic N) is 4. The highest BCUT2D eigenvalue weighted by Gasteiger charge is 2.35. The standard InChI is InChI=1S/C39H40FN7O4/c1-24(43-39(50)51-2)38(49)47-19-7-11-34(47)37-42-23-32(45-37)29-17-16-28(21-30(29)40)26-12-14-27(15-13-26)31-22-41-36(44-31)33-10-6-18-46(33)35(48)20-25-8-4-3-5-9-25/h3-5,8-9,12-17,21-24,33-34H,6-7,10-11,18-20H2,1-2H3,(H,41,44)(H,42,45)(H,43,50)/t24-,33-,34-/m0/s1.